The van der Waals surface area contributed by atoms with Gasteiger partial charge in [0.15, 0.2) is 0 Å². The van der Waals surface area contributed by atoms with Crippen molar-refractivity contribution in [2.24, 2.45) is 0 Å². The Morgan fingerprint density at radius 3 is 2.75 bits per heavy atom. The third-order valence-electron chi connectivity index (χ3n) is 2.93. The first-order chi connectivity index (χ1) is 9.63. The first kappa shape index (κ1) is 14.3. The second-order valence-electron chi connectivity index (χ2n) is 4.22. The van der Waals surface area contributed by atoms with E-state index < -0.39 is 0 Å². The van der Waals surface area contributed by atoms with Gasteiger partial charge in [-0.05, 0) is 36.2 Å². The van der Waals surface area contributed by atoms with Crippen molar-refractivity contribution in [3.63, 3.8) is 0 Å². The largest absolute Gasteiger partial charge is 0.497 e. The van der Waals surface area contributed by atoms with Gasteiger partial charge in [0, 0.05) is 6.07 Å². The summed E-state index contributed by atoms with van der Waals surface area (Å²) in [5, 5.41) is 3.50. The molecule has 2 aromatic rings. The van der Waals surface area contributed by atoms with Crippen molar-refractivity contribution >= 4 is 22.4 Å². The molecule has 20 heavy (non-hydrogen) atoms. The number of benzene rings is 1. The summed E-state index contributed by atoms with van der Waals surface area (Å²) in [5.41, 5.74) is 0.901. The summed E-state index contributed by atoms with van der Waals surface area (Å²) in [6.45, 7) is 1.85. The van der Waals surface area contributed by atoms with E-state index in [0.717, 1.165) is 11.3 Å². The highest BCUT2D eigenvalue weighted by molar-refractivity contribution is 7.10. The Morgan fingerprint density at radius 1 is 1.30 bits per heavy atom. The number of hydrogen-bond donors (Lipinski definition) is 1. The molecule has 6 heteroatoms. The van der Waals surface area contributed by atoms with Crippen LogP contribution in [0.3, 0.4) is 0 Å². The molecule has 1 heterocycles. The summed E-state index contributed by atoms with van der Waals surface area (Å²) in [6, 6.07) is 9.17. The average Bonchev–Trinajstić information content (AvgIpc) is 2.94. The molecule has 0 saturated carbocycles. The molecule has 0 aliphatic heterocycles. The highest BCUT2D eigenvalue weighted by Gasteiger charge is 2.17. The van der Waals surface area contributed by atoms with Gasteiger partial charge in [0.25, 0.3) is 0 Å². The fourth-order valence-electron chi connectivity index (χ4n) is 1.71. The van der Waals surface area contributed by atoms with E-state index in [0.29, 0.717) is 10.9 Å². The Labute approximate surface area is 121 Å². The van der Waals surface area contributed by atoms with Crippen LogP contribution in [0.2, 0.25) is 0 Å². The van der Waals surface area contributed by atoms with Gasteiger partial charge in [0.2, 0.25) is 11.8 Å². The molecule has 0 aliphatic rings. The number of rotatable bonds is 5. The Balaban J connectivity index is 2.07. The Morgan fingerprint density at radius 2 is 2.10 bits per heavy atom. The van der Waals surface area contributed by atoms with Crippen molar-refractivity contribution < 1.29 is 14.3 Å². The lowest BCUT2D eigenvalue weighted by atomic mass is 10.0. The van der Waals surface area contributed by atoms with Gasteiger partial charge in [-0.3, -0.25) is 4.79 Å². The SMILES string of the molecule is COc1cccc(C(C)C(=O)Nc2cc(OC)ns2)c1. The summed E-state index contributed by atoms with van der Waals surface area (Å²) < 4.78 is 14.2. The summed E-state index contributed by atoms with van der Waals surface area (Å²) in [6.07, 6.45) is 0. The van der Waals surface area contributed by atoms with Gasteiger partial charge in [-0.2, -0.15) is 4.37 Å². The smallest absolute Gasteiger partial charge is 0.232 e. The van der Waals surface area contributed by atoms with Gasteiger partial charge in [0.1, 0.15) is 10.8 Å². The zero-order valence-corrected chi connectivity index (χ0v) is 12.4. The van der Waals surface area contributed by atoms with Crippen LogP contribution in [0.5, 0.6) is 11.6 Å². The molecule has 106 valence electrons. The van der Waals surface area contributed by atoms with E-state index in [4.69, 9.17) is 9.47 Å². The zero-order valence-electron chi connectivity index (χ0n) is 11.5. The molecule has 0 fully saturated rings. The second kappa shape index (κ2) is 6.38. The van der Waals surface area contributed by atoms with Crippen LogP contribution >= 0.6 is 11.5 Å². The summed E-state index contributed by atoms with van der Waals surface area (Å²) >= 11 is 1.19. The predicted molar refractivity (Wildman–Crippen MR) is 78.7 cm³/mol. The number of nitrogens with zero attached hydrogens (tertiary/aromatic N) is 1. The van der Waals surface area contributed by atoms with Gasteiger partial charge in [0.05, 0.1) is 20.1 Å². The molecule has 0 aliphatic carbocycles. The molecule has 0 bridgehead atoms. The number of carbonyl (C=O) groups excluding carboxylic acids is 1. The molecule has 1 N–H and O–H groups in total. The van der Waals surface area contributed by atoms with Crippen LogP contribution in [0.25, 0.3) is 0 Å². The quantitative estimate of drug-likeness (QED) is 0.920. The third-order valence-corrected chi connectivity index (χ3v) is 3.62. The van der Waals surface area contributed by atoms with Crippen LogP contribution in [0, 0.1) is 0 Å². The minimum Gasteiger partial charge on any atom is -0.497 e. The van der Waals surface area contributed by atoms with Crippen molar-refractivity contribution in [1.82, 2.24) is 4.37 Å². The maximum atomic E-state index is 12.2. The molecule has 2 rings (SSSR count). The maximum absolute atomic E-state index is 12.2. The number of ether oxygens (including phenoxy) is 2. The first-order valence-corrected chi connectivity index (χ1v) is 6.87. The summed E-state index contributed by atoms with van der Waals surface area (Å²) in [5.74, 6) is 0.865. The normalized spacial score (nSPS) is 11.8. The molecule has 0 spiro atoms. The molecular weight excluding hydrogens is 276 g/mol. The van der Waals surface area contributed by atoms with E-state index in [1.165, 1.54) is 11.5 Å². The minimum atomic E-state index is -0.279. The molecular formula is C14H16N2O3S. The lowest BCUT2D eigenvalue weighted by molar-refractivity contribution is -0.117. The zero-order chi connectivity index (χ0) is 14.5. The van der Waals surface area contributed by atoms with E-state index in [2.05, 4.69) is 9.69 Å². The lowest BCUT2D eigenvalue weighted by Crippen LogP contribution is -2.18. The molecule has 0 radical (unpaired) electrons. The molecule has 1 unspecified atom stereocenters. The maximum Gasteiger partial charge on any atom is 0.232 e. The van der Waals surface area contributed by atoms with Crippen LogP contribution in [0.1, 0.15) is 18.4 Å². The predicted octanol–water partition coefficient (Wildman–Crippen LogP) is 2.90. The second-order valence-corrected chi connectivity index (χ2v) is 5.03. The van der Waals surface area contributed by atoms with Crippen LogP contribution in [-0.4, -0.2) is 24.5 Å². The Hall–Kier alpha value is -2.08. The van der Waals surface area contributed by atoms with Crippen molar-refractivity contribution in [1.29, 1.82) is 0 Å². The van der Waals surface area contributed by atoms with Crippen LogP contribution in [-0.2, 0) is 4.79 Å². The first-order valence-electron chi connectivity index (χ1n) is 6.09. The molecule has 1 amide bonds. The van der Waals surface area contributed by atoms with Gasteiger partial charge in [-0.25, -0.2) is 0 Å². The number of carbonyl (C=O) groups is 1. The van der Waals surface area contributed by atoms with Gasteiger partial charge in [-0.15, -0.1) is 0 Å². The molecule has 1 atom stereocenters. The molecule has 1 aromatic carbocycles. The highest BCUT2D eigenvalue weighted by Crippen LogP contribution is 2.25. The van der Waals surface area contributed by atoms with Gasteiger partial charge >= 0.3 is 0 Å². The monoisotopic (exact) mass is 292 g/mol. The standard InChI is InChI=1S/C14H16N2O3S/c1-9(10-5-4-6-11(7-10)18-2)14(17)15-13-8-12(19-3)16-20-13/h4-9H,1-3H3,(H,15,17). The minimum absolute atomic E-state index is 0.0930. The average molecular weight is 292 g/mol. The summed E-state index contributed by atoms with van der Waals surface area (Å²) in [7, 11) is 3.15. The van der Waals surface area contributed by atoms with Crippen molar-refractivity contribution in [3.8, 4) is 11.6 Å². The summed E-state index contributed by atoms with van der Waals surface area (Å²) in [4.78, 5) is 12.2. The van der Waals surface area contributed by atoms with Gasteiger partial charge in [-0.1, -0.05) is 12.1 Å². The van der Waals surface area contributed by atoms with E-state index >= 15 is 0 Å². The van der Waals surface area contributed by atoms with E-state index in [1.807, 2.05) is 31.2 Å². The van der Waals surface area contributed by atoms with Crippen molar-refractivity contribution in [3.05, 3.63) is 35.9 Å². The molecule has 0 saturated heterocycles. The Kier molecular flexibility index (Phi) is 4.57. The topological polar surface area (TPSA) is 60.5 Å². The number of hydrogen-bond acceptors (Lipinski definition) is 5. The van der Waals surface area contributed by atoms with E-state index in [9.17, 15) is 4.79 Å². The Bertz CT molecular complexity index is 598. The van der Waals surface area contributed by atoms with Crippen molar-refractivity contribution in [2.45, 2.75) is 12.8 Å². The fraction of sp³-hybridized carbons (Fsp3) is 0.286. The van der Waals surface area contributed by atoms with E-state index in [-0.39, 0.29) is 11.8 Å². The van der Waals surface area contributed by atoms with Crippen molar-refractivity contribution in [2.75, 3.05) is 19.5 Å². The number of amides is 1. The van der Waals surface area contributed by atoms with Crippen LogP contribution in [0.15, 0.2) is 30.3 Å². The third kappa shape index (κ3) is 3.27. The number of nitrogens with one attached hydrogen (secondary N) is 1. The fourth-order valence-corrected chi connectivity index (χ4v) is 2.32. The highest BCUT2D eigenvalue weighted by atomic mass is 32.1. The molecule has 1 aromatic heterocycles. The van der Waals surface area contributed by atoms with Gasteiger partial charge < -0.3 is 14.8 Å². The number of aromatic nitrogens is 1. The van der Waals surface area contributed by atoms with Crippen LogP contribution in [0.4, 0.5) is 5.00 Å². The number of methoxy groups -OCH3 is 2. The van der Waals surface area contributed by atoms with Crippen LogP contribution < -0.4 is 14.8 Å². The van der Waals surface area contributed by atoms with E-state index in [1.54, 1.807) is 20.3 Å². The number of anilines is 1. The molecule has 5 nitrogen and oxygen atoms in total. The lowest BCUT2D eigenvalue weighted by Gasteiger charge is -2.12.